The third-order valence-electron chi connectivity index (χ3n) is 7.39. The van der Waals surface area contributed by atoms with Crippen molar-refractivity contribution in [2.24, 2.45) is 5.92 Å². The van der Waals surface area contributed by atoms with E-state index in [1.165, 1.54) is 18.6 Å². The number of unbranched alkanes of at least 4 members (excludes halogenated alkanes) is 1. The van der Waals surface area contributed by atoms with Crippen LogP contribution in [0.3, 0.4) is 0 Å². The minimum absolute atomic E-state index is 0.0604. The Morgan fingerprint density at radius 1 is 0.917 bits per heavy atom. The van der Waals surface area contributed by atoms with E-state index >= 15 is 0 Å². The van der Waals surface area contributed by atoms with Crippen molar-refractivity contribution in [3.8, 4) is 0 Å². The first-order valence-electron chi connectivity index (χ1n) is 12.8. The Hall–Kier alpha value is -3.79. The topological polar surface area (TPSA) is 39.1 Å². The number of carbonyl (C=O) groups is 2. The van der Waals surface area contributed by atoms with Crippen LogP contribution < -0.4 is 0 Å². The van der Waals surface area contributed by atoms with Crippen LogP contribution in [0.2, 0.25) is 0 Å². The van der Waals surface area contributed by atoms with E-state index in [0.717, 1.165) is 64.7 Å². The fourth-order valence-corrected chi connectivity index (χ4v) is 5.40. The molecule has 5 aromatic rings. The monoisotopic (exact) mass is 479 g/mol. The zero-order valence-corrected chi connectivity index (χ0v) is 20.8. The third-order valence-corrected chi connectivity index (χ3v) is 7.39. The number of hydrogen-bond donors (Lipinski definition) is 0. The van der Waals surface area contributed by atoms with Crippen molar-refractivity contribution >= 4 is 44.6 Å². The van der Waals surface area contributed by atoms with Gasteiger partial charge in [0.2, 0.25) is 0 Å². The standard InChI is InChI=1S/C32H30FNO2/c1-3-5-10-21(4-2)19-34-30-16-15-22(32(36)26-13-8-9-14-29(26)33)17-27(30)28-18-23(20-35)24-11-6-7-12-25(24)31(28)34/h6-9,11-18,20-21H,3-5,10,19H2,1-2H3. The van der Waals surface area contributed by atoms with Gasteiger partial charge in [-0.25, -0.2) is 4.39 Å². The highest BCUT2D eigenvalue weighted by Gasteiger charge is 2.20. The average Bonchev–Trinajstić information content (AvgIpc) is 3.22. The van der Waals surface area contributed by atoms with Crippen LogP contribution in [0.5, 0.6) is 0 Å². The number of halogens is 1. The molecule has 1 unspecified atom stereocenters. The van der Waals surface area contributed by atoms with E-state index in [-0.39, 0.29) is 11.3 Å². The molecular formula is C32H30FNO2. The molecule has 3 nitrogen and oxygen atoms in total. The lowest BCUT2D eigenvalue weighted by atomic mass is 9.98. The second-order valence-electron chi connectivity index (χ2n) is 9.59. The highest BCUT2D eigenvalue weighted by atomic mass is 19.1. The third kappa shape index (κ3) is 4.11. The lowest BCUT2D eigenvalue weighted by Crippen LogP contribution is -2.10. The predicted octanol–water partition coefficient (Wildman–Crippen LogP) is 8.35. The number of rotatable bonds is 9. The van der Waals surface area contributed by atoms with Crippen molar-refractivity contribution in [2.75, 3.05) is 0 Å². The Morgan fingerprint density at radius 2 is 1.67 bits per heavy atom. The van der Waals surface area contributed by atoms with E-state index in [9.17, 15) is 14.0 Å². The van der Waals surface area contributed by atoms with Gasteiger partial charge in [0.1, 0.15) is 5.82 Å². The van der Waals surface area contributed by atoms with Crippen molar-refractivity contribution in [3.05, 3.63) is 95.3 Å². The van der Waals surface area contributed by atoms with Gasteiger partial charge in [0.05, 0.1) is 11.1 Å². The normalized spacial score (nSPS) is 12.4. The maximum Gasteiger partial charge on any atom is 0.195 e. The molecule has 36 heavy (non-hydrogen) atoms. The molecule has 4 heteroatoms. The summed E-state index contributed by atoms with van der Waals surface area (Å²) in [5.41, 5.74) is 3.23. The van der Waals surface area contributed by atoms with Crippen LogP contribution >= 0.6 is 0 Å². The molecule has 0 radical (unpaired) electrons. The summed E-state index contributed by atoms with van der Waals surface area (Å²) in [6, 6.07) is 21.7. The smallest absolute Gasteiger partial charge is 0.195 e. The van der Waals surface area contributed by atoms with E-state index in [4.69, 9.17) is 0 Å². The Bertz CT molecular complexity index is 1600. The van der Waals surface area contributed by atoms with Crippen LogP contribution in [0.4, 0.5) is 4.39 Å². The van der Waals surface area contributed by atoms with E-state index in [0.29, 0.717) is 17.0 Å². The molecule has 0 bridgehead atoms. The number of ketones is 1. The maximum atomic E-state index is 14.4. The average molecular weight is 480 g/mol. The summed E-state index contributed by atoms with van der Waals surface area (Å²) < 4.78 is 16.8. The molecule has 1 aromatic heterocycles. The first-order valence-corrected chi connectivity index (χ1v) is 12.8. The number of carbonyl (C=O) groups excluding carboxylic acids is 2. The van der Waals surface area contributed by atoms with Crippen molar-refractivity contribution in [1.29, 1.82) is 0 Å². The summed E-state index contributed by atoms with van der Waals surface area (Å²) >= 11 is 0. The zero-order chi connectivity index (χ0) is 25.2. The van der Waals surface area contributed by atoms with Crippen molar-refractivity contribution in [2.45, 2.75) is 46.1 Å². The van der Waals surface area contributed by atoms with Gasteiger partial charge in [-0.1, -0.05) is 69.5 Å². The molecule has 0 saturated heterocycles. The summed E-state index contributed by atoms with van der Waals surface area (Å²) in [5, 5.41) is 3.81. The first kappa shape index (κ1) is 23.9. The Labute approximate surface area is 210 Å². The lowest BCUT2D eigenvalue weighted by molar-refractivity contribution is 0.103. The Balaban J connectivity index is 1.78. The van der Waals surface area contributed by atoms with E-state index in [2.05, 4.69) is 24.5 Å². The Kier molecular flexibility index (Phi) is 6.69. The van der Waals surface area contributed by atoms with Crippen LogP contribution in [0.1, 0.15) is 65.8 Å². The number of hydrogen-bond acceptors (Lipinski definition) is 2. The van der Waals surface area contributed by atoms with Gasteiger partial charge in [-0.3, -0.25) is 9.59 Å². The van der Waals surface area contributed by atoms with Gasteiger partial charge in [0, 0.05) is 39.3 Å². The van der Waals surface area contributed by atoms with Gasteiger partial charge in [-0.15, -0.1) is 0 Å². The van der Waals surface area contributed by atoms with Gasteiger partial charge in [0.25, 0.3) is 0 Å². The minimum Gasteiger partial charge on any atom is -0.340 e. The molecule has 0 amide bonds. The molecule has 1 heterocycles. The van der Waals surface area contributed by atoms with Crippen LogP contribution in [0.25, 0.3) is 32.6 Å². The molecule has 0 aliphatic heterocycles. The minimum atomic E-state index is -0.527. The molecule has 0 aliphatic rings. The van der Waals surface area contributed by atoms with Crippen molar-refractivity contribution < 1.29 is 14.0 Å². The summed E-state index contributed by atoms with van der Waals surface area (Å²) in [6.45, 7) is 5.32. The highest BCUT2D eigenvalue weighted by molar-refractivity contribution is 6.22. The second kappa shape index (κ2) is 10.1. The van der Waals surface area contributed by atoms with Crippen molar-refractivity contribution in [3.63, 3.8) is 0 Å². The summed E-state index contributed by atoms with van der Waals surface area (Å²) in [7, 11) is 0. The molecule has 0 aliphatic carbocycles. The van der Waals surface area contributed by atoms with Crippen LogP contribution in [0.15, 0.2) is 72.8 Å². The van der Waals surface area contributed by atoms with Crippen LogP contribution in [-0.2, 0) is 6.54 Å². The van der Waals surface area contributed by atoms with E-state index in [1.807, 2.05) is 36.4 Å². The SMILES string of the molecule is CCCCC(CC)Cn1c2ccc(C(=O)c3ccccc3F)cc2c2cc(C=O)c3ccccc3c21. The Morgan fingerprint density at radius 3 is 2.39 bits per heavy atom. The summed E-state index contributed by atoms with van der Waals surface area (Å²) in [6.07, 6.45) is 5.48. The number of fused-ring (bicyclic) bond motifs is 5. The molecular weight excluding hydrogens is 449 g/mol. The van der Waals surface area contributed by atoms with Crippen LogP contribution in [0, 0.1) is 11.7 Å². The number of benzene rings is 4. The van der Waals surface area contributed by atoms with E-state index in [1.54, 1.807) is 18.2 Å². The molecule has 0 N–H and O–H groups in total. The number of aldehydes is 1. The highest BCUT2D eigenvalue weighted by Crippen LogP contribution is 2.37. The molecule has 0 fully saturated rings. The zero-order valence-electron chi connectivity index (χ0n) is 20.8. The fraction of sp³-hybridized carbons (Fsp3) is 0.250. The molecule has 0 saturated carbocycles. The van der Waals surface area contributed by atoms with Gasteiger partial charge in [0.15, 0.2) is 12.1 Å². The molecule has 5 rings (SSSR count). The predicted molar refractivity (Wildman–Crippen MR) is 145 cm³/mol. The molecule has 0 spiro atoms. The van der Waals surface area contributed by atoms with E-state index < -0.39 is 5.82 Å². The summed E-state index contributed by atoms with van der Waals surface area (Å²) in [4.78, 5) is 25.3. The van der Waals surface area contributed by atoms with Gasteiger partial charge >= 0.3 is 0 Å². The first-order chi connectivity index (χ1) is 17.6. The summed E-state index contributed by atoms with van der Waals surface area (Å²) in [5.74, 6) is -0.351. The number of aromatic nitrogens is 1. The maximum absolute atomic E-state index is 14.4. The van der Waals surface area contributed by atoms with Crippen LogP contribution in [-0.4, -0.2) is 16.6 Å². The molecule has 4 aromatic carbocycles. The molecule has 1 atom stereocenters. The number of nitrogens with zero attached hydrogens (tertiary/aromatic N) is 1. The lowest BCUT2D eigenvalue weighted by Gasteiger charge is -2.18. The largest absolute Gasteiger partial charge is 0.340 e. The van der Waals surface area contributed by atoms with Gasteiger partial charge in [-0.2, -0.15) is 0 Å². The second-order valence-corrected chi connectivity index (χ2v) is 9.59. The van der Waals surface area contributed by atoms with Crippen molar-refractivity contribution in [1.82, 2.24) is 4.57 Å². The molecule has 182 valence electrons. The van der Waals surface area contributed by atoms with Gasteiger partial charge < -0.3 is 4.57 Å². The van der Waals surface area contributed by atoms with Gasteiger partial charge in [-0.05, 0) is 54.1 Å². The quantitative estimate of drug-likeness (QED) is 0.157. The fourth-order valence-electron chi connectivity index (χ4n) is 5.40.